The fourth-order valence-electron chi connectivity index (χ4n) is 2.80. The van der Waals surface area contributed by atoms with Gasteiger partial charge in [-0.15, -0.1) is 0 Å². The summed E-state index contributed by atoms with van der Waals surface area (Å²) in [5.41, 5.74) is 0. The Labute approximate surface area is 130 Å². The number of hydrogen-bond donors (Lipinski definition) is 0. The SMILES string of the molecule is CN(C)CCN(C1CCCC1)S(=O)(=O)c1cccc(F)c1F. The van der Waals surface area contributed by atoms with Crippen LogP contribution in [0.3, 0.4) is 0 Å². The predicted molar refractivity (Wildman–Crippen MR) is 81.1 cm³/mol. The van der Waals surface area contributed by atoms with Gasteiger partial charge in [0, 0.05) is 19.1 Å². The van der Waals surface area contributed by atoms with Gasteiger partial charge in [0.25, 0.3) is 0 Å². The number of halogens is 2. The van der Waals surface area contributed by atoms with Crippen LogP contribution in [0.15, 0.2) is 23.1 Å². The van der Waals surface area contributed by atoms with E-state index in [2.05, 4.69) is 0 Å². The molecule has 0 spiro atoms. The average molecular weight is 332 g/mol. The third-order valence-corrected chi connectivity index (χ3v) is 5.97. The summed E-state index contributed by atoms with van der Waals surface area (Å²) in [4.78, 5) is 1.30. The normalized spacial score (nSPS) is 16.8. The van der Waals surface area contributed by atoms with Gasteiger partial charge in [0.15, 0.2) is 11.6 Å². The van der Waals surface area contributed by atoms with E-state index in [1.807, 2.05) is 19.0 Å². The molecule has 0 N–H and O–H groups in total. The standard InChI is InChI=1S/C15H22F2N2O2S/c1-18(2)10-11-19(12-6-3-4-7-12)22(20,21)14-9-5-8-13(16)15(14)17/h5,8-9,12H,3-4,6-7,10-11H2,1-2H3. The van der Waals surface area contributed by atoms with Gasteiger partial charge >= 0.3 is 0 Å². The van der Waals surface area contributed by atoms with Gasteiger partial charge < -0.3 is 4.90 Å². The quantitative estimate of drug-likeness (QED) is 0.803. The molecule has 1 fully saturated rings. The Bertz CT molecular complexity index is 614. The molecular weight excluding hydrogens is 310 g/mol. The summed E-state index contributed by atoms with van der Waals surface area (Å²) >= 11 is 0. The maximum Gasteiger partial charge on any atom is 0.246 e. The number of sulfonamides is 1. The Morgan fingerprint density at radius 3 is 2.36 bits per heavy atom. The molecule has 0 unspecified atom stereocenters. The van der Waals surface area contributed by atoms with E-state index in [0.717, 1.165) is 37.8 Å². The largest absolute Gasteiger partial charge is 0.308 e. The second-order valence-electron chi connectivity index (χ2n) is 5.91. The van der Waals surface area contributed by atoms with Crippen molar-refractivity contribution in [2.24, 2.45) is 0 Å². The maximum absolute atomic E-state index is 14.0. The molecule has 4 nitrogen and oxygen atoms in total. The fraction of sp³-hybridized carbons (Fsp3) is 0.600. The Morgan fingerprint density at radius 1 is 1.14 bits per heavy atom. The van der Waals surface area contributed by atoms with E-state index in [9.17, 15) is 17.2 Å². The molecule has 22 heavy (non-hydrogen) atoms. The first kappa shape index (κ1) is 17.3. The van der Waals surface area contributed by atoms with Crippen molar-refractivity contribution in [1.82, 2.24) is 9.21 Å². The molecule has 124 valence electrons. The van der Waals surface area contributed by atoms with Crippen molar-refractivity contribution in [3.05, 3.63) is 29.8 Å². The molecule has 0 saturated heterocycles. The fourth-order valence-corrected chi connectivity index (χ4v) is 4.55. The Kier molecular flexibility index (Phi) is 5.52. The minimum atomic E-state index is -4.04. The Balaban J connectivity index is 2.37. The van der Waals surface area contributed by atoms with Crippen LogP contribution in [0, 0.1) is 11.6 Å². The van der Waals surface area contributed by atoms with Crippen LogP contribution in [0.4, 0.5) is 8.78 Å². The molecule has 0 bridgehead atoms. The highest BCUT2D eigenvalue weighted by molar-refractivity contribution is 7.89. The van der Waals surface area contributed by atoms with Crippen LogP contribution < -0.4 is 0 Å². The number of rotatable bonds is 6. The summed E-state index contributed by atoms with van der Waals surface area (Å²) in [7, 11) is -0.343. The zero-order valence-electron chi connectivity index (χ0n) is 12.9. The lowest BCUT2D eigenvalue weighted by Crippen LogP contribution is -2.42. The Morgan fingerprint density at radius 2 is 1.77 bits per heavy atom. The predicted octanol–water partition coefficient (Wildman–Crippen LogP) is 2.46. The molecule has 0 amide bonds. The first-order valence-corrected chi connectivity index (χ1v) is 8.88. The summed E-state index contributed by atoms with van der Waals surface area (Å²) in [6, 6.07) is 3.15. The minimum absolute atomic E-state index is 0.132. The van der Waals surface area contributed by atoms with E-state index in [4.69, 9.17) is 0 Å². The smallest absolute Gasteiger partial charge is 0.246 e. The molecule has 0 radical (unpaired) electrons. The Hall–Kier alpha value is -1.05. The highest BCUT2D eigenvalue weighted by atomic mass is 32.2. The van der Waals surface area contributed by atoms with Gasteiger partial charge in [-0.1, -0.05) is 18.9 Å². The molecule has 1 aromatic rings. The lowest BCUT2D eigenvalue weighted by molar-refractivity contribution is 0.281. The molecule has 1 aromatic carbocycles. The zero-order chi connectivity index (χ0) is 16.3. The van der Waals surface area contributed by atoms with E-state index in [1.165, 1.54) is 10.4 Å². The van der Waals surface area contributed by atoms with Crippen LogP contribution >= 0.6 is 0 Å². The second kappa shape index (κ2) is 7.02. The molecule has 0 aliphatic heterocycles. The molecule has 0 atom stereocenters. The van der Waals surface area contributed by atoms with Crippen LogP contribution in [0.1, 0.15) is 25.7 Å². The van der Waals surface area contributed by atoms with Gasteiger partial charge in [-0.25, -0.2) is 17.2 Å². The van der Waals surface area contributed by atoms with Crippen LogP contribution in [0.5, 0.6) is 0 Å². The average Bonchev–Trinajstić information content (AvgIpc) is 2.95. The van der Waals surface area contributed by atoms with Crippen LogP contribution in [0.2, 0.25) is 0 Å². The number of hydrogen-bond acceptors (Lipinski definition) is 3. The van der Waals surface area contributed by atoms with Crippen molar-refractivity contribution >= 4 is 10.0 Å². The highest BCUT2D eigenvalue weighted by Gasteiger charge is 2.35. The van der Waals surface area contributed by atoms with Gasteiger partial charge in [0.2, 0.25) is 10.0 Å². The summed E-state index contributed by atoms with van der Waals surface area (Å²) in [6.45, 7) is 0.808. The lowest BCUT2D eigenvalue weighted by Gasteiger charge is -2.29. The summed E-state index contributed by atoms with van der Waals surface area (Å²) in [5, 5.41) is 0. The third kappa shape index (κ3) is 3.64. The van der Waals surface area contributed by atoms with Crippen molar-refractivity contribution in [2.75, 3.05) is 27.2 Å². The van der Waals surface area contributed by atoms with Crippen LogP contribution in [-0.2, 0) is 10.0 Å². The molecule has 1 aliphatic rings. The van der Waals surface area contributed by atoms with Crippen molar-refractivity contribution < 1.29 is 17.2 Å². The minimum Gasteiger partial charge on any atom is -0.308 e. The first-order valence-electron chi connectivity index (χ1n) is 7.44. The zero-order valence-corrected chi connectivity index (χ0v) is 13.7. The van der Waals surface area contributed by atoms with E-state index < -0.39 is 26.6 Å². The van der Waals surface area contributed by atoms with Crippen molar-refractivity contribution in [3.63, 3.8) is 0 Å². The molecule has 7 heteroatoms. The molecule has 2 rings (SSSR count). The van der Waals surface area contributed by atoms with Gasteiger partial charge in [0.05, 0.1) is 0 Å². The van der Waals surface area contributed by atoms with Crippen molar-refractivity contribution in [3.8, 4) is 0 Å². The van der Waals surface area contributed by atoms with Gasteiger partial charge in [0.1, 0.15) is 4.90 Å². The van der Waals surface area contributed by atoms with Gasteiger partial charge in [-0.3, -0.25) is 0 Å². The van der Waals surface area contributed by atoms with E-state index in [0.29, 0.717) is 6.54 Å². The number of nitrogens with zero attached hydrogens (tertiary/aromatic N) is 2. The molecule has 1 saturated carbocycles. The highest BCUT2D eigenvalue weighted by Crippen LogP contribution is 2.30. The van der Waals surface area contributed by atoms with E-state index >= 15 is 0 Å². The maximum atomic E-state index is 14.0. The lowest BCUT2D eigenvalue weighted by atomic mass is 10.2. The van der Waals surface area contributed by atoms with Gasteiger partial charge in [-0.05, 0) is 39.1 Å². The molecule has 0 aromatic heterocycles. The summed E-state index contributed by atoms with van der Waals surface area (Å²) in [5.74, 6) is -2.43. The second-order valence-corrected chi connectivity index (χ2v) is 7.77. The molecule has 0 heterocycles. The monoisotopic (exact) mass is 332 g/mol. The summed E-state index contributed by atoms with van der Waals surface area (Å²) < 4.78 is 54.3. The number of likely N-dealkylation sites (N-methyl/N-ethyl adjacent to an activating group) is 1. The van der Waals surface area contributed by atoms with Gasteiger partial charge in [-0.2, -0.15) is 4.31 Å². The molecule has 1 aliphatic carbocycles. The summed E-state index contributed by atoms with van der Waals surface area (Å²) in [6.07, 6.45) is 3.46. The van der Waals surface area contributed by atoms with Crippen molar-refractivity contribution in [1.29, 1.82) is 0 Å². The number of benzene rings is 1. The van der Waals surface area contributed by atoms with Crippen LogP contribution in [0.25, 0.3) is 0 Å². The topological polar surface area (TPSA) is 40.6 Å². The van der Waals surface area contributed by atoms with Crippen LogP contribution in [-0.4, -0.2) is 50.8 Å². The first-order chi connectivity index (χ1) is 10.3. The van der Waals surface area contributed by atoms with Crippen molar-refractivity contribution in [2.45, 2.75) is 36.6 Å². The van der Waals surface area contributed by atoms with E-state index in [-0.39, 0.29) is 12.6 Å². The van der Waals surface area contributed by atoms with E-state index in [1.54, 1.807) is 0 Å². The third-order valence-electron chi connectivity index (χ3n) is 4.00. The molecular formula is C15H22F2N2O2S.